The Morgan fingerprint density at radius 2 is 2.20 bits per heavy atom. The van der Waals surface area contributed by atoms with Crippen LogP contribution in [0.2, 0.25) is 0 Å². The molecule has 0 heterocycles. The van der Waals surface area contributed by atoms with Crippen LogP contribution in [0.1, 0.15) is 13.8 Å². The molecule has 0 saturated carbocycles. The molecule has 0 rings (SSSR count). The van der Waals surface area contributed by atoms with Gasteiger partial charge >= 0.3 is 5.97 Å². The topological polar surface area (TPSA) is 35.5 Å². The summed E-state index contributed by atoms with van der Waals surface area (Å²) in [6.45, 7) is 3.61. The highest BCUT2D eigenvalue weighted by molar-refractivity contribution is 5.70. The van der Waals surface area contributed by atoms with Crippen molar-refractivity contribution in [1.82, 2.24) is 0 Å². The Kier molecular flexibility index (Phi) is 4.37. The molecule has 0 saturated heterocycles. The Morgan fingerprint density at radius 3 is 2.60 bits per heavy atom. The van der Waals surface area contributed by atoms with Crippen molar-refractivity contribution in [2.75, 3.05) is 13.7 Å². The molecule has 0 aliphatic carbocycles. The number of esters is 1. The van der Waals surface area contributed by atoms with E-state index in [0.717, 1.165) is 5.76 Å². The SMILES string of the molecule is CC=C(C)OCC(=O)OC. The van der Waals surface area contributed by atoms with Crippen molar-refractivity contribution in [1.29, 1.82) is 0 Å². The third-order valence-electron chi connectivity index (χ3n) is 1.05. The number of carbonyl (C=O) groups excluding carboxylic acids is 1. The van der Waals surface area contributed by atoms with E-state index in [4.69, 9.17) is 4.74 Å². The molecule has 0 atom stereocenters. The highest BCUT2D eigenvalue weighted by atomic mass is 16.6. The number of allylic oxidation sites excluding steroid dienone is 2. The minimum absolute atomic E-state index is 0.00727. The highest BCUT2D eigenvalue weighted by Crippen LogP contribution is 1.93. The summed E-state index contributed by atoms with van der Waals surface area (Å²) in [5, 5.41) is 0. The van der Waals surface area contributed by atoms with Gasteiger partial charge in [0.25, 0.3) is 0 Å². The number of carbonyl (C=O) groups is 1. The predicted molar refractivity (Wildman–Crippen MR) is 37.4 cm³/mol. The monoisotopic (exact) mass is 144 g/mol. The lowest BCUT2D eigenvalue weighted by Crippen LogP contribution is -2.08. The van der Waals surface area contributed by atoms with Gasteiger partial charge in [-0.2, -0.15) is 0 Å². The van der Waals surface area contributed by atoms with Gasteiger partial charge in [-0.25, -0.2) is 4.79 Å². The second kappa shape index (κ2) is 4.85. The van der Waals surface area contributed by atoms with Crippen molar-refractivity contribution in [2.24, 2.45) is 0 Å². The largest absolute Gasteiger partial charge is 0.487 e. The lowest BCUT2D eigenvalue weighted by molar-refractivity contribution is -0.144. The fourth-order valence-electron chi connectivity index (χ4n) is 0.315. The van der Waals surface area contributed by atoms with Gasteiger partial charge in [0.2, 0.25) is 0 Å². The van der Waals surface area contributed by atoms with Gasteiger partial charge in [-0.05, 0) is 19.9 Å². The summed E-state index contributed by atoms with van der Waals surface area (Å²) < 4.78 is 9.28. The van der Waals surface area contributed by atoms with E-state index in [-0.39, 0.29) is 12.6 Å². The molecule has 0 N–H and O–H groups in total. The van der Waals surface area contributed by atoms with Crippen molar-refractivity contribution in [3.8, 4) is 0 Å². The molecule has 3 nitrogen and oxygen atoms in total. The summed E-state index contributed by atoms with van der Waals surface area (Å²) >= 11 is 0. The zero-order chi connectivity index (χ0) is 7.98. The average Bonchev–Trinajstić information content (AvgIpc) is 1.99. The Hall–Kier alpha value is -0.990. The van der Waals surface area contributed by atoms with Gasteiger partial charge in [0.1, 0.15) is 0 Å². The van der Waals surface area contributed by atoms with Gasteiger partial charge in [0, 0.05) is 0 Å². The van der Waals surface area contributed by atoms with Crippen LogP contribution in [-0.2, 0) is 14.3 Å². The van der Waals surface area contributed by atoms with E-state index in [1.54, 1.807) is 13.0 Å². The van der Waals surface area contributed by atoms with Crippen LogP contribution < -0.4 is 0 Å². The van der Waals surface area contributed by atoms with Crippen LogP contribution in [0, 0.1) is 0 Å². The molecule has 0 aromatic heterocycles. The maximum absolute atomic E-state index is 10.5. The van der Waals surface area contributed by atoms with Crippen molar-refractivity contribution < 1.29 is 14.3 Å². The normalized spacial score (nSPS) is 10.9. The lowest BCUT2D eigenvalue weighted by atomic mass is 10.5. The molecule has 58 valence electrons. The molecule has 0 aromatic rings. The Bertz CT molecular complexity index is 138. The van der Waals surface area contributed by atoms with Gasteiger partial charge in [-0.1, -0.05) is 0 Å². The van der Waals surface area contributed by atoms with E-state index in [1.165, 1.54) is 7.11 Å². The van der Waals surface area contributed by atoms with E-state index in [1.807, 2.05) is 6.92 Å². The summed E-state index contributed by atoms with van der Waals surface area (Å²) in [6, 6.07) is 0. The molecule has 0 amide bonds. The van der Waals surface area contributed by atoms with Crippen molar-refractivity contribution >= 4 is 5.97 Å². The molecule has 0 spiro atoms. The van der Waals surface area contributed by atoms with Crippen LogP contribution in [0.3, 0.4) is 0 Å². The maximum Gasteiger partial charge on any atom is 0.343 e. The van der Waals surface area contributed by atoms with Crippen molar-refractivity contribution in [3.05, 3.63) is 11.8 Å². The van der Waals surface area contributed by atoms with Crippen LogP contribution >= 0.6 is 0 Å². The van der Waals surface area contributed by atoms with E-state index in [0.29, 0.717) is 0 Å². The third kappa shape index (κ3) is 3.95. The van der Waals surface area contributed by atoms with Gasteiger partial charge in [0.15, 0.2) is 6.61 Å². The van der Waals surface area contributed by atoms with Crippen LogP contribution in [0.15, 0.2) is 11.8 Å². The van der Waals surface area contributed by atoms with E-state index >= 15 is 0 Å². The van der Waals surface area contributed by atoms with E-state index < -0.39 is 0 Å². The fourth-order valence-corrected chi connectivity index (χ4v) is 0.315. The molecule has 0 fully saturated rings. The summed E-state index contributed by atoms with van der Waals surface area (Å²) in [5.41, 5.74) is 0. The van der Waals surface area contributed by atoms with Crippen LogP contribution in [0.5, 0.6) is 0 Å². The molecule has 3 heteroatoms. The second-order valence-corrected chi connectivity index (χ2v) is 1.76. The summed E-state index contributed by atoms with van der Waals surface area (Å²) in [4.78, 5) is 10.5. The predicted octanol–water partition coefficient (Wildman–Crippen LogP) is 1.10. The van der Waals surface area contributed by atoms with Crippen LogP contribution in [0.4, 0.5) is 0 Å². The van der Waals surface area contributed by atoms with Gasteiger partial charge in [-0.15, -0.1) is 0 Å². The molecule has 0 aliphatic heterocycles. The summed E-state index contributed by atoms with van der Waals surface area (Å²) in [5.74, 6) is 0.367. The fraction of sp³-hybridized carbons (Fsp3) is 0.571. The van der Waals surface area contributed by atoms with Crippen LogP contribution in [-0.4, -0.2) is 19.7 Å². The van der Waals surface area contributed by atoms with Gasteiger partial charge in [0.05, 0.1) is 12.9 Å². The number of ether oxygens (including phenoxy) is 2. The zero-order valence-electron chi connectivity index (χ0n) is 6.51. The lowest BCUT2D eigenvalue weighted by Gasteiger charge is -2.02. The molecular formula is C7H12O3. The molecule has 0 aliphatic rings. The van der Waals surface area contributed by atoms with Crippen molar-refractivity contribution in [2.45, 2.75) is 13.8 Å². The molecule has 10 heavy (non-hydrogen) atoms. The number of methoxy groups -OCH3 is 1. The Morgan fingerprint density at radius 1 is 1.60 bits per heavy atom. The average molecular weight is 144 g/mol. The van der Waals surface area contributed by atoms with Gasteiger partial charge in [-0.3, -0.25) is 0 Å². The second-order valence-electron chi connectivity index (χ2n) is 1.76. The first-order valence-electron chi connectivity index (χ1n) is 3.03. The Labute approximate surface area is 60.6 Å². The minimum Gasteiger partial charge on any atom is -0.487 e. The molecule has 0 aromatic carbocycles. The number of rotatable bonds is 3. The first-order valence-corrected chi connectivity index (χ1v) is 3.03. The molecule has 0 unspecified atom stereocenters. The highest BCUT2D eigenvalue weighted by Gasteiger charge is 1.98. The van der Waals surface area contributed by atoms with Crippen molar-refractivity contribution in [3.63, 3.8) is 0 Å². The summed E-state index contributed by atoms with van der Waals surface area (Å²) in [6.07, 6.45) is 1.78. The zero-order valence-corrected chi connectivity index (χ0v) is 6.51. The summed E-state index contributed by atoms with van der Waals surface area (Å²) in [7, 11) is 1.33. The van der Waals surface area contributed by atoms with E-state index in [2.05, 4.69) is 4.74 Å². The van der Waals surface area contributed by atoms with Gasteiger partial charge < -0.3 is 9.47 Å². The smallest absolute Gasteiger partial charge is 0.343 e. The molecule has 0 radical (unpaired) electrons. The first kappa shape index (κ1) is 9.01. The Balaban J connectivity index is 3.45. The minimum atomic E-state index is -0.360. The third-order valence-corrected chi connectivity index (χ3v) is 1.05. The standard InChI is InChI=1S/C7H12O3/c1-4-6(2)10-5-7(8)9-3/h4H,5H2,1-3H3. The number of hydrogen-bond donors (Lipinski definition) is 0. The molecule has 0 bridgehead atoms. The maximum atomic E-state index is 10.5. The number of hydrogen-bond acceptors (Lipinski definition) is 3. The van der Waals surface area contributed by atoms with E-state index in [9.17, 15) is 4.79 Å². The van der Waals surface area contributed by atoms with Crippen LogP contribution in [0.25, 0.3) is 0 Å². The molecular weight excluding hydrogens is 132 g/mol. The quantitative estimate of drug-likeness (QED) is 0.439. The first-order chi connectivity index (χ1) is 4.70.